The SMILES string of the molecule is N#Cc1ccccc1NC(=O)CCNc1ccc(Cl)cc1Cl. The summed E-state index contributed by atoms with van der Waals surface area (Å²) < 4.78 is 0. The average Bonchev–Trinajstić information content (AvgIpc) is 2.50. The summed E-state index contributed by atoms with van der Waals surface area (Å²) in [5, 5.41) is 15.8. The van der Waals surface area contributed by atoms with Gasteiger partial charge in [0, 0.05) is 18.0 Å². The quantitative estimate of drug-likeness (QED) is 0.856. The largest absolute Gasteiger partial charge is 0.383 e. The molecule has 0 aliphatic carbocycles. The van der Waals surface area contributed by atoms with Gasteiger partial charge in [-0.15, -0.1) is 0 Å². The summed E-state index contributed by atoms with van der Waals surface area (Å²) in [6.45, 7) is 0.419. The normalized spacial score (nSPS) is 9.86. The number of anilines is 2. The van der Waals surface area contributed by atoms with Crippen LogP contribution in [0.4, 0.5) is 11.4 Å². The first-order valence-electron chi connectivity index (χ1n) is 6.58. The van der Waals surface area contributed by atoms with Crippen LogP contribution in [0.3, 0.4) is 0 Å². The van der Waals surface area contributed by atoms with E-state index in [0.29, 0.717) is 27.8 Å². The molecule has 22 heavy (non-hydrogen) atoms. The van der Waals surface area contributed by atoms with Gasteiger partial charge in [-0.1, -0.05) is 35.3 Å². The lowest BCUT2D eigenvalue weighted by Crippen LogP contribution is -2.17. The number of carbonyl (C=O) groups excluding carboxylic acids is 1. The molecule has 0 aromatic heterocycles. The number of amides is 1. The Kier molecular flexibility index (Phi) is 5.65. The van der Waals surface area contributed by atoms with Crippen LogP contribution in [0, 0.1) is 11.3 Å². The molecule has 0 atom stereocenters. The van der Waals surface area contributed by atoms with Crippen molar-refractivity contribution in [2.24, 2.45) is 0 Å². The molecule has 6 heteroatoms. The zero-order chi connectivity index (χ0) is 15.9. The Morgan fingerprint density at radius 1 is 1.14 bits per heavy atom. The van der Waals surface area contributed by atoms with E-state index in [9.17, 15) is 4.79 Å². The van der Waals surface area contributed by atoms with Crippen LogP contribution in [-0.4, -0.2) is 12.5 Å². The van der Waals surface area contributed by atoms with Crippen LogP contribution in [0.15, 0.2) is 42.5 Å². The molecular weight excluding hydrogens is 321 g/mol. The summed E-state index contributed by atoms with van der Waals surface area (Å²) >= 11 is 11.8. The molecule has 2 aromatic carbocycles. The van der Waals surface area contributed by atoms with Crippen molar-refractivity contribution in [1.29, 1.82) is 5.26 Å². The highest BCUT2D eigenvalue weighted by atomic mass is 35.5. The van der Waals surface area contributed by atoms with Crippen molar-refractivity contribution < 1.29 is 4.79 Å². The predicted octanol–water partition coefficient (Wildman–Crippen LogP) is 4.31. The van der Waals surface area contributed by atoms with Crippen molar-refractivity contribution in [3.05, 3.63) is 58.1 Å². The molecule has 2 N–H and O–H groups in total. The maximum atomic E-state index is 11.9. The molecule has 4 nitrogen and oxygen atoms in total. The molecule has 2 aromatic rings. The minimum atomic E-state index is -0.180. The maximum Gasteiger partial charge on any atom is 0.226 e. The van der Waals surface area contributed by atoms with Crippen LogP contribution < -0.4 is 10.6 Å². The van der Waals surface area contributed by atoms with E-state index in [1.807, 2.05) is 6.07 Å². The van der Waals surface area contributed by atoms with E-state index < -0.39 is 0 Å². The topological polar surface area (TPSA) is 64.9 Å². The molecule has 0 spiro atoms. The second kappa shape index (κ2) is 7.69. The van der Waals surface area contributed by atoms with E-state index in [1.54, 1.807) is 42.5 Å². The van der Waals surface area contributed by atoms with Crippen LogP contribution in [0.5, 0.6) is 0 Å². The third kappa shape index (κ3) is 4.39. The van der Waals surface area contributed by atoms with E-state index in [-0.39, 0.29) is 12.3 Å². The lowest BCUT2D eigenvalue weighted by Gasteiger charge is -2.09. The standard InChI is InChI=1S/C16H13Cl2N3O/c17-12-5-6-15(13(18)9-12)20-8-7-16(22)21-14-4-2-1-3-11(14)10-19/h1-6,9,20H,7-8H2,(H,21,22). The Bertz CT molecular complexity index is 726. The monoisotopic (exact) mass is 333 g/mol. The highest BCUT2D eigenvalue weighted by Gasteiger charge is 2.07. The fourth-order valence-electron chi connectivity index (χ4n) is 1.85. The zero-order valence-electron chi connectivity index (χ0n) is 11.6. The molecule has 0 bridgehead atoms. The van der Waals surface area contributed by atoms with Gasteiger partial charge in [0.05, 0.1) is 22.0 Å². The van der Waals surface area contributed by atoms with Crippen molar-refractivity contribution in [2.45, 2.75) is 6.42 Å². The Morgan fingerprint density at radius 2 is 1.91 bits per heavy atom. The highest BCUT2D eigenvalue weighted by Crippen LogP contribution is 2.25. The number of nitrogens with zero attached hydrogens (tertiary/aromatic N) is 1. The maximum absolute atomic E-state index is 11.9. The van der Waals surface area contributed by atoms with Crippen molar-refractivity contribution in [2.75, 3.05) is 17.2 Å². The molecule has 0 radical (unpaired) electrons. The fraction of sp³-hybridized carbons (Fsp3) is 0.125. The Labute approximate surface area is 138 Å². The van der Waals surface area contributed by atoms with Crippen LogP contribution in [0.1, 0.15) is 12.0 Å². The number of hydrogen-bond donors (Lipinski definition) is 2. The van der Waals surface area contributed by atoms with Gasteiger partial charge in [0.15, 0.2) is 0 Å². The number of rotatable bonds is 5. The van der Waals surface area contributed by atoms with Crippen LogP contribution in [-0.2, 0) is 4.79 Å². The molecule has 1 amide bonds. The summed E-state index contributed by atoms with van der Waals surface area (Å²) in [4.78, 5) is 11.9. The second-order valence-electron chi connectivity index (χ2n) is 4.51. The lowest BCUT2D eigenvalue weighted by molar-refractivity contribution is -0.115. The first-order valence-corrected chi connectivity index (χ1v) is 7.33. The van der Waals surface area contributed by atoms with E-state index in [0.717, 1.165) is 5.69 Å². The van der Waals surface area contributed by atoms with E-state index in [2.05, 4.69) is 10.6 Å². The molecule has 0 unspecified atom stereocenters. The number of nitrogens with one attached hydrogen (secondary N) is 2. The Hall–Kier alpha value is -2.22. The van der Waals surface area contributed by atoms with E-state index in [1.165, 1.54) is 0 Å². The molecule has 0 aliphatic heterocycles. The van der Waals surface area contributed by atoms with Crippen molar-refractivity contribution in [3.63, 3.8) is 0 Å². The number of benzene rings is 2. The van der Waals surface area contributed by atoms with Gasteiger partial charge >= 0.3 is 0 Å². The average molecular weight is 334 g/mol. The summed E-state index contributed by atoms with van der Waals surface area (Å²) in [7, 11) is 0. The first-order chi connectivity index (χ1) is 10.6. The molecular formula is C16H13Cl2N3O. The molecule has 2 rings (SSSR count). The molecule has 0 heterocycles. The summed E-state index contributed by atoms with van der Waals surface area (Å²) in [6.07, 6.45) is 0.249. The molecule has 0 fully saturated rings. The van der Waals surface area contributed by atoms with Crippen molar-refractivity contribution in [3.8, 4) is 6.07 Å². The van der Waals surface area contributed by atoms with Gasteiger partial charge in [0.2, 0.25) is 5.91 Å². The van der Waals surface area contributed by atoms with Gasteiger partial charge in [-0.05, 0) is 30.3 Å². The third-order valence-electron chi connectivity index (χ3n) is 2.92. The van der Waals surface area contributed by atoms with Gasteiger partial charge in [-0.3, -0.25) is 4.79 Å². The molecule has 112 valence electrons. The summed E-state index contributed by atoms with van der Waals surface area (Å²) in [5.41, 5.74) is 1.67. The Morgan fingerprint density at radius 3 is 2.64 bits per heavy atom. The number of nitriles is 1. The highest BCUT2D eigenvalue weighted by molar-refractivity contribution is 6.36. The van der Waals surface area contributed by atoms with Gasteiger partial charge in [0.1, 0.15) is 6.07 Å². The van der Waals surface area contributed by atoms with Crippen molar-refractivity contribution in [1.82, 2.24) is 0 Å². The van der Waals surface area contributed by atoms with Crippen molar-refractivity contribution >= 4 is 40.5 Å². The van der Waals surface area contributed by atoms with E-state index >= 15 is 0 Å². The second-order valence-corrected chi connectivity index (χ2v) is 5.35. The van der Waals surface area contributed by atoms with Crippen LogP contribution >= 0.6 is 23.2 Å². The summed E-state index contributed by atoms with van der Waals surface area (Å²) in [5.74, 6) is -0.180. The predicted molar refractivity (Wildman–Crippen MR) is 89.4 cm³/mol. The summed E-state index contributed by atoms with van der Waals surface area (Å²) in [6, 6.07) is 14.0. The van der Waals surface area contributed by atoms with Crippen LogP contribution in [0.25, 0.3) is 0 Å². The number of para-hydroxylation sites is 1. The zero-order valence-corrected chi connectivity index (χ0v) is 13.1. The Balaban J connectivity index is 1.87. The minimum Gasteiger partial charge on any atom is -0.383 e. The smallest absolute Gasteiger partial charge is 0.226 e. The number of carbonyl (C=O) groups is 1. The van der Waals surface area contributed by atoms with Gasteiger partial charge in [-0.25, -0.2) is 0 Å². The van der Waals surface area contributed by atoms with Gasteiger partial charge in [0.25, 0.3) is 0 Å². The minimum absolute atomic E-state index is 0.180. The fourth-order valence-corrected chi connectivity index (χ4v) is 2.32. The van der Waals surface area contributed by atoms with Gasteiger partial charge in [-0.2, -0.15) is 5.26 Å². The van der Waals surface area contributed by atoms with E-state index in [4.69, 9.17) is 28.5 Å². The lowest BCUT2D eigenvalue weighted by atomic mass is 10.2. The third-order valence-corrected chi connectivity index (χ3v) is 3.47. The molecule has 0 aliphatic rings. The van der Waals surface area contributed by atoms with Crippen LogP contribution in [0.2, 0.25) is 10.0 Å². The molecule has 0 saturated heterocycles. The first kappa shape index (κ1) is 16.2. The number of halogens is 2. The van der Waals surface area contributed by atoms with Gasteiger partial charge < -0.3 is 10.6 Å². The molecule has 0 saturated carbocycles. The number of hydrogen-bond acceptors (Lipinski definition) is 3.